The third-order valence-electron chi connectivity index (χ3n) is 10.6. The number of Topliss-reactive ketones (excluding diaryl/α,β-unsaturated/α-hetero) is 1. The molecule has 1 saturated carbocycles. The van der Waals surface area contributed by atoms with Gasteiger partial charge in [0.1, 0.15) is 12.1 Å². The predicted octanol–water partition coefficient (Wildman–Crippen LogP) is 3.92. The molecule has 1 aliphatic carbocycles. The van der Waals surface area contributed by atoms with E-state index < -0.39 is 52.6 Å². The van der Waals surface area contributed by atoms with Crippen molar-refractivity contribution in [1.82, 2.24) is 20.9 Å². The monoisotopic (exact) mass is 713 g/mol. The van der Waals surface area contributed by atoms with E-state index in [1.807, 2.05) is 46.8 Å². The van der Waals surface area contributed by atoms with Crippen molar-refractivity contribution < 1.29 is 33.5 Å². The number of oxime groups is 1. The Balaban J connectivity index is 1.40. The number of carbonyl (C=O) groups is 5. The molecular weight excluding hydrogens is 662 g/mol. The fourth-order valence-corrected chi connectivity index (χ4v) is 7.81. The Hall–Kier alpha value is -3.51. The maximum Gasteiger partial charge on any atom is 0.289 e. The highest BCUT2D eigenvalue weighted by Crippen LogP contribution is 2.41. The number of likely N-dealkylation sites (tertiary alicyclic amines) is 1. The molecule has 2 saturated heterocycles. The number of rotatable bonds is 11. The zero-order valence-electron chi connectivity index (χ0n) is 30.1. The molecule has 1 aromatic rings. The number of nitrogens with one attached hydrogen (secondary N) is 3. The molecular formula is C37H52ClN5O7. The maximum atomic E-state index is 14.7. The summed E-state index contributed by atoms with van der Waals surface area (Å²) in [5, 5.41) is 13.1. The number of halogens is 1. The van der Waals surface area contributed by atoms with E-state index in [0.29, 0.717) is 30.2 Å². The summed E-state index contributed by atoms with van der Waals surface area (Å²) in [5.41, 5.74) is -0.648. The lowest BCUT2D eigenvalue weighted by molar-refractivity contribution is -0.145. The quantitative estimate of drug-likeness (QED) is 0.294. The molecule has 3 heterocycles. The lowest BCUT2D eigenvalue weighted by atomic mass is 9.80. The van der Waals surface area contributed by atoms with Crippen LogP contribution < -0.4 is 16.0 Å². The topological polar surface area (TPSA) is 156 Å². The first-order valence-electron chi connectivity index (χ1n) is 17.8. The molecule has 0 bridgehead atoms. The first kappa shape index (κ1) is 37.7. The van der Waals surface area contributed by atoms with Gasteiger partial charge < -0.3 is 30.4 Å². The molecule has 3 aliphatic heterocycles. The number of amides is 4. The summed E-state index contributed by atoms with van der Waals surface area (Å²) in [6.45, 7) is 10.2. The van der Waals surface area contributed by atoms with E-state index in [-0.39, 0.29) is 42.7 Å². The summed E-state index contributed by atoms with van der Waals surface area (Å²) < 4.78 is 5.83. The second-order valence-electron chi connectivity index (χ2n) is 16.3. The van der Waals surface area contributed by atoms with Crippen LogP contribution in [0, 0.1) is 17.3 Å². The van der Waals surface area contributed by atoms with E-state index in [9.17, 15) is 24.0 Å². The van der Waals surface area contributed by atoms with Crippen LogP contribution in [0.5, 0.6) is 0 Å². The van der Waals surface area contributed by atoms with Crippen LogP contribution in [0.3, 0.4) is 0 Å². The second kappa shape index (κ2) is 15.0. The van der Waals surface area contributed by atoms with Crippen LogP contribution in [0.25, 0.3) is 0 Å². The first-order valence-corrected chi connectivity index (χ1v) is 18.2. The molecule has 0 radical (unpaired) electrons. The normalized spacial score (nSPS) is 25.9. The summed E-state index contributed by atoms with van der Waals surface area (Å²) in [5.74, 6) is -2.40. The fraction of sp³-hybridized carbons (Fsp3) is 0.676. The molecule has 3 N–H and O–H groups in total. The van der Waals surface area contributed by atoms with Gasteiger partial charge in [0.25, 0.3) is 5.91 Å². The van der Waals surface area contributed by atoms with Gasteiger partial charge in [0.15, 0.2) is 5.60 Å². The third-order valence-corrected chi connectivity index (χ3v) is 10.8. The molecule has 274 valence electrons. The molecule has 5 rings (SSSR count). The number of benzene rings is 1. The molecule has 5 atom stereocenters. The van der Waals surface area contributed by atoms with Gasteiger partial charge in [0, 0.05) is 43.5 Å². The zero-order chi connectivity index (χ0) is 36.4. The molecule has 1 spiro atoms. The van der Waals surface area contributed by atoms with Crippen LogP contribution >= 0.6 is 11.6 Å². The van der Waals surface area contributed by atoms with Crippen molar-refractivity contribution in [2.24, 2.45) is 22.4 Å². The van der Waals surface area contributed by atoms with Gasteiger partial charge in [-0.2, -0.15) is 0 Å². The molecule has 50 heavy (non-hydrogen) atoms. The number of ketones is 1. The van der Waals surface area contributed by atoms with E-state index in [1.54, 1.807) is 12.1 Å². The van der Waals surface area contributed by atoms with Gasteiger partial charge >= 0.3 is 0 Å². The maximum absolute atomic E-state index is 14.7. The largest absolute Gasteiger partial charge is 0.387 e. The SMILES string of the molecule is CNC(=O)C(=O)C(CC1CCC1)NC(=O)[C@@H]1C[C@]2(CC(c3cccc(Cl)c3)=NO2)CN1C(=O)[C@@H](NC(=O)CC1CCOC(C)(C)C1)C(C)(C)C. The van der Waals surface area contributed by atoms with Gasteiger partial charge in [0.05, 0.1) is 23.9 Å². The highest BCUT2D eigenvalue weighted by molar-refractivity contribution is 6.38. The van der Waals surface area contributed by atoms with E-state index in [1.165, 1.54) is 11.9 Å². The Bertz CT molecular complexity index is 1520. The molecule has 1 aromatic carbocycles. The summed E-state index contributed by atoms with van der Waals surface area (Å²) in [6, 6.07) is 4.19. The average Bonchev–Trinajstić information content (AvgIpc) is 3.62. The Morgan fingerprint density at radius 1 is 1.06 bits per heavy atom. The summed E-state index contributed by atoms with van der Waals surface area (Å²) >= 11 is 6.26. The van der Waals surface area contributed by atoms with Crippen molar-refractivity contribution in [3.05, 3.63) is 34.9 Å². The van der Waals surface area contributed by atoms with Crippen LogP contribution in [0.4, 0.5) is 0 Å². The van der Waals surface area contributed by atoms with Gasteiger partial charge in [0.2, 0.25) is 23.5 Å². The molecule has 4 aliphatic rings. The zero-order valence-corrected chi connectivity index (χ0v) is 30.9. The molecule has 4 amide bonds. The first-order chi connectivity index (χ1) is 23.5. The summed E-state index contributed by atoms with van der Waals surface area (Å²) in [7, 11) is 1.38. The van der Waals surface area contributed by atoms with E-state index >= 15 is 0 Å². The minimum atomic E-state index is -1.05. The molecule has 12 nitrogen and oxygen atoms in total. The van der Waals surface area contributed by atoms with Crippen molar-refractivity contribution in [2.45, 2.75) is 122 Å². The van der Waals surface area contributed by atoms with Gasteiger partial charge in [-0.1, -0.05) is 68.9 Å². The Morgan fingerprint density at radius 3 is 2.42 bits per heavy atom. The fourth-order valence-electron chi connectivity index (χ4n) is 7.62. The Labute approximate surface area is 299 Å². The van der Waals surface area contributed by atoms with Gasteiger partial charge in [-0.3, -0.25) is 24.0 Å². The number of hydrogen-bond donors (Lipinski definition) is 3. The van der Waals surface area contributed by atoms with Crippen molar-refractivity contribution in [1.29, 1.82) is 0 Å². The van der Waals surface area contributed by atoms with E-state index in [2.05, 4.69) is 21.1 Å². The smallest absolute Gasteiger partial charge is 0.289 e. The van der Waals surface area contributed by atoms with Crippen LogP contribution in [-0.4, -0.2) is 89.6 Å². The van der Waals surface area contributed by atoms with Gasteiger partial charge in [-0.05, 0) is 62.5 Å². The Morgan fingerprint density at radius 2 is 1.80 bits per heavy atom. The summed E-state index contributed by atoms with van der Waals surface area (Å²) in [6.07, 6.45) is 5.36. The number of hydrogen-bond acceptors (Lipinski definition) is 8. The van der Waals surface area contributed by atoms with Crippen molar-refractivity contribution in [3.8, 4) is 0 Å². The highest BCUT2D eigenvalue weighted by Gasteiger charge is 2.56. The lowest BCUT2D eigenvalue weighted by Crippen LogP contribution is -2.59. The number of nitrogens with zero attached hydrogens (tertiary/aromatic N) is 2. The minimum absolute atomic E-state index is 0.0325. The number of carbonyl (C=O) groups excluding carboxylic acids is 5. The molecule has 2 unspecified atom stereocenters. The predicted molar refractivity (Wildman–Crippen MR) is 188 cm³/mol. The molecule has 13 heteroatoms. The van der Waals surface area contributed by atoms with Crippen molar-refractivity contribution in [3.63, 3.8) is 0 Å². The van der Waals surface area contributed by atoms with E-state index in [4.69, 9.17) is 21.2 Å². The van der Waals surface area contributed by atoms with Crippen LogP contribution in [0.2, 0.25) is 5.02 Å². The number of ether oxygens (including phenoxy) is 1. The Kier molecular flexibility index (Phi) is 11.3. The van der Waals surface area contributed by atoms with Crippen molar-refractivity contribution in [2.75, 3.05) is 20.2 Å². The van der Waals surface area contributed by atoms with Gasteiger partial charge in [-0.15, -0.1) is 0 Å². The molecule has 3 fully saturated rings. The van der Waals surface area contributed by atoms with Crippen molar-refractivity contribution >= 4 is 46.7 Å². The lowest BCUT2D eigenvalue weighted by Gasteiger charge is -2.37. The standard InChI is InChI=1S/C37H52ClN5O7/c1-35(2,3)31(41-29(44)16-23-13-14-49-36(4,5)18-23)34(48)43-21-37(19-27(42-50-37)24-11-8-12-25(38)17-24)20-28(43)32(46)40-26(15-22-9-7-10-22)30(45)33(47)39-6/h8,11-12,17,22-23,26,28,31H,7,9-10,13-16,18-21H2,1-6H3,(H,39,47)(H,40,46)(H,41,44)/t23?,26?,28-,31+,37+/m0/s1. The summed E-state index contributed by atoms with van der Waals surface area (Å²) in [4.78, 5) is 75.5. The number of likely N-dealkylation sites (N-methyl/N-ethyl adjacent to an activating group) is 1. The van der Waals surface area contributed by atoms with Crippen LogP contribution in [-0.2, 0) is 33.5 Å². The van der Waals surface area contributed by atoms with E-state index in [0.717, 1.165) is 37.7 Å². The van der Waals surface area contributed by atoms with Gasteiger partial charge in [-0.25, -0.2) is 0 Å². The van der Waals surface area contributed by atoms with Crippen LogP contribution in [0.15, 0.2) is 29.4 Å². The highest BCUT2D eigenvalue weighted by atomic mass is 35.5. The molecule has 0 aromatic heterocycles. The second-order valence-corrected chi connectivity index (χ2v) is 16.7. The van der Waals surface area contributed by atoms with Crippen LogP contribution in [0.1, 0.15) is 98.0 Å². The third kappa shape index (κ3) is 8.85. The average molecular weight is 714 g/mol. The minimum Gasteiger partial charge on any atom is -0.387 e.